The van der Waals surface area contributed by atoms with Gasteiger partial charge in [0.25, 0.3) is 0 Å². The maximum atomic E-state index is 11.4. The highest BCUT2D eigenvalue weighted by Crippen LogP contribution is 2.25. The number of aryl methyl sites for hydroxylation is 2. The van der Waals surface area contributed by atoms with Crippen LogP contribution >= 0.6 is 0 Å². The maximum absolute atomic E-state index is 11.4. The number of rotatable bonds is 0. The molecule has 3 heteroatoms. The second-order valence-electron chi connectivity index (χ2n) is 3.43. The summed E-state index contributed by atoms with van der Waals surface area (Å²) in [6.07, 6.45) is 3.21. The molecule has 0 saturated heterocycles. The summed E-state index contributed by atoms with van der Waals surface area (Å²) >= 11 is 0. The third kappa shape index (κ3) is 1.30. The van der Waals surface area contributed by atoms with E-state index in [0.717, 1.165) is 23.4 Å². The number of nitrogens with zero attached hydrogens (tertiary/aromatic N) is 2. The van der Waals surface area contributed by atoms with Crippen molar-refractivity contribution >= 4 is 11.6 Å². The van der Waals surface area contributed by atoms with E-state index in [1.807, 2.05) is 19.2 Å². The molecule has 1 aromatic rings. The van der Waals surface area contributed by atoms with Gasteiger partial charge in [0.15, 0.2) is 0 Å². The topological polar surface area (TPSA) is 33.2 Å². The Kier molecular flexibility index (Phi) is 1.79. The summed E-state index contributed by atoms with van der Waals surface area (Å²) in [6, 6.07) is 2.01. The Morgan fingerprint density at radius 1 is 1.46 bits per heavy atom. The number of amides is 1. The van der Waals surface area contributed by atoms with Crippen molar-refractivity contribution in [3.63, 3.8) is 0 Å². The number of carbonyl (C=O) groups is 1. The van der Waals surface area contributed by atoms with E-state index in [2.05, 4.69) is 4.98 Å². The standard InChI is InChI=1S/C10H12N2O/c1-7-5-9-8(11-6-7)3-4-10(13)12(9)2/h5-6H,3-4H2,1-2H3. The Bertz CT molecular complexity index is 360. The lowest BCUT2D eigenvalue weighted by atomic mass is 10.1. The quantitative estimate of drug-likeness (QED) is 0.597. The highest BCUT2D eigenvalue weighted by molar-refractivity contribution is 5.95. The van der Waals surface area contributed by atoms with Gasteiger partial charge >= 0.3 is 0 Å². The molecule has 0 spiro atoms. The predicted octanol–water partition coefficient (Wildman–Crippen LogP) is 1.30. The highest BCUT2D eigenvalue weighted by Gasteiger charge is 2.21. The van der Waals surface area contributed by atoms with Gasteiger partial charge in [-0.05, 0) is 18.6 Å². The van der Waals surface area contributed by atoms with Crippen LogP contribution in [0.15, 0.2) is 12.3 Å². The van der Waals surface area contributed by atoms with Gasteiger partial charge in [0.2, 0.25) is 5.91 Å². The SMILES string of the molecule is Cc1cnc2c(c1)N(C)C(=O)CC2. The van der Waals surface area contributed by atoms with E-state index in [0.29, 0.717) is 6.42 Å². The third-order valence-corrected chi connectivity index (χ3v) is 2.40. The second-order valence-corrected chi connectivity index (χ2v) is 3.43. The summed E-state index contributed by atoms with van der Waals surface area (Å²) < 4.78 is 0. The lowest BCUT2D eigenvalue weighted by Gasteiger charge is -2.24. The van der Waals surface area contributed by atoms with Crippen LogP contribution in [0.2, 0.25) is 0 Å². The summed E-state index contributed by atoms with van der Waals surface area (Å²) in [6.45, 7) is 1.99. The fraction of sp³-hybridized carbons (Fsp3) is 0.400. The lowest BCUT2D eigenvalue weighted by Crippen LogP contribution is -2.31. The van der Waals surface area contributed by atoms with Gasteiger partial charge in [-0.2, -0.15) is 0 Å². The van der Waals surface area contributed by atoms with Crippen molar-refractivity contribution in [3.8, 4) is 0 Å². The van der Waals surface area contributed by atoms with E-state index in [1.54, 1.807) is 11.9 Å². The predicted molar refractivity (Wildman–Crippen MR) is 50.7 cm³/mol. The van der Waals surface area contributed by atoms with Gasteiger partial charge in [0.05, 0.1) is 11.4 Å². The number of pyridine rings is 1. The summed E-state index contributed by atoms with van der Waals surface area (Å²) in [5, 5.41) is 0. The monoisotopic (exact) mass is 176 g/mol. The number of carbonyl (C=O) groups excluding carboxylic acids is 1. The number of anilines is 1. The highest BCUT2D eigenvalue weighted by atomic mass is 16.2. The number of hydrogen-bond donors (Lipinski definition) is 0. The number of hydrogen-bond acceptors (Lipinski definition) is 2. The molecule has 0 fully saturated rings. The van der Waals surface area contributed by atoms with Crippen molar-refractivity contribution in [2.45, 2.75) is 19.8 Å². The van der Waals surface area contributed by atoms with Crippen molar-refractivity contribution in [1.29, 1.82) is 0 Å². The molecule has 1 amide bonds. The van der Waals surface area contributed by atoms with Crippen LogP contribution in [0.1, 0.15) is 17.7 Å². The van der Waals surface area contributed by atoms with Crippen LogP contribution in [0.5, 0.6) is 0 Å². The molecule has 0 saturated carbocycles. The molecule has 0 aromatic carbocycles. The molecule has 2 heterocycles. The molecule has 0 bridgehead atoms. The molecule has 0 atom stereocenters. The zero-order chi connectivity index (χ0) is 9.42. The number of fused-ring (bicyclic) bond motifs is 1. The average Bonchev–Trinajstić information content (AvgIpc) is 2.12. The molecule has 0 radical (unpaired) electrons. The van der Waals surface area contributed by atoms with Crippen LogP contribution in [0.25, 0.3) is 0 Å². The Morgan fingerprint density at radius 3 is 3.00 bits per heavy atom. The minimum atomic E-state index is 0.180. The van der Waals surface area contributed by atoms with E-state index in [-0.39, 0.29) is 5.91 Å². The molecule has 0 N–H and O–H groups in total. The number of aromatic nitrogens is 1. The molecule has 2 rings (SSSR count). The van der Waals surface area contributed by atoms with Crippen molar-refractivity contribution in [2.75, 3.05) is 11.9 Å². The second kappa shape index (κ2) is 2.83. The zero-order valence-electron chi connectivity index (χ0n) is 7.87. The smallest absolute Gasteiger partial charge is 0.227 e. The van der Waals surface area contributed by atoms with E-state index in [9.17, 15) is 4.79 Å². The Morgan fingerprint density at radius 2 is 2.23 bits per heavy atom. The van der Waals surface area contributed by atoms with Gasteiger partial charge in [-0.3, -0.25) is 9.78 Å². The average molecular weight is 176 g/mol. The first-order valence-corrected chi connectivity index (χ1v) is 4.40. The minimum Gasteiger partial charge on any atom is -0.314 e. The van der Waals surface area contributed by atoms with Gasteiger partial charge in [0, 0.05) is 26.1 Å². The molecule has 3 nitrogen and oxygen atoms in total. The molecular weight excluding hydrogens is 164 g/mol. The van der Waals surface area contributed by atoms with Gasteiger partial charge < -0.3 is 4.90 Å². The minimum absolute atomic E-state index is 0.180. The van der Waals surface area contributed by atoms with Crippen LogP contribution in [0.4, 0.5) is 5.69 Å². The molecule has 1 aliphatic heterocycles. The van der Waals surface area contributed by atoms with Crippen molar-refractivity contribution in [3.05, 3.63) is 23.5 Å². The van der Waals surface area contributed by atoms with Crippen LogP contribution < -0.4 is 4.90 Å². The zero-order valence-corrected chi connectivity index (χ0v) is 7.87. The summed E-state index contributed by atoms with van der Waals surface area (Å²) in [7, 11) is 1.81. The van der Waals surface area contributed by atoms with Gasteiger partial charge in [-0.15, -0.1) is 0 Å². The summed E-state index contributed by atoms with van der Waals surface area (Å²) in [5.41, 5.74) is 3.10. The first-order chi connectivity index (χ1) is 6.18. The molecular formula is C10H12N2O. The molecule has 0 aliphatic carbocycles. The van der Waals surface area contributed by atoms with Crippen LogP contribution in [0, 0.1) is 6.92 Å². The fourth-order valence-corrected chi connectivity index (χ4v) is 1.59. The van der Waals surface area contributed by atoms with E-state index in [4.69, 9.17) is 0 Å². The van der Waals surface area contributed by atoms with E-state index in [1.165, 1.54) is 0 Å². The van der Waals surface area contributed by atoms with Crippen molar-refractivity contribution < 1.29 is 4.79 Å². The molecule has 1 aliphatic rings. The van der Waals surface area contributed by atoms with Crippen LogP contribution in [0.3, 0.4) is 0 Å². The van der Waals surface area contributed by atoms with Crippen molar-refractivity contribution in [2.24, 2.45) is 0 Å². The normalized spacial score (nSPS) is 15.8. The lowest BCUT2D eigenvalue weighted by molar-refractivity contribution is -0.118. The van der Waals surface area contributed by atoms with Crippen molar-refractivity contribution in [1.82, 2.24) is 4.98 Å². The molecule has 68 valence electrons. The van der Waals surface area contributed by atoms with Gasteiger partial charge in [-0.1, -0.05) is 0 Å². The largest absolute Gasteiger partial charge is 0.314 e. The van der Waals surface area contributed by atoms with E-state index < -0.39 is 0 Å². The molecule has 13 heavy (non-hydrogen) atoms. The first kappa shape index (κ1) is 8.23. The van der Waals surface area contributed by atoms with Crippen LogP contribution in [-0.2, 0) is 11.2 Å². The first-order valence-electron chi connectivity index (χ1n) is 4.40. The Labute approximate surface area is 77.4 Å². The molecule has 1 aromatic heterocycles. The van der Waals surface area contributed by atoms with E-state index >= 15 is 0 Å². The molecule has 0 unspecified atom stereocenters. The Balaban J connectivity index is 2.51. The fourth-order valence-electron chi connectivity index (χ4n) is 1.59. The van der Waals surface area contributed by atoms with Gasteiger partial charge in [-0.25, -0.2) is 0 Å². The Hall–Kier alpha value is -1.38. The van der Waals surface area contributed by atoms with Gasteiger partial charge in [0.1, 0.15) is 0 Å². The summed E-state index contributed by atoms with van der Waals surface area (Å²) in [4.78, 5) is 17.4. The van der Waals surface area contributed by atoms with Crippen LogP contribution in [-0.4, -0.2) is 17.9 Å². The summed E-state index contributed by atoms with van der Waals surface area (Å²) in [5.74, 6) is 0.180. The maximum Gasteiger partial charge on any atom is 0.227 e. The third-order valence-electron chi connectivity index (χ3n) is 2.40.